The van der Waals surface area contributed by atoms with Gasteiger partial charge in [0, 0.05) is 12.6 Å². The second kappa shape index (κ2) is 5.33. The summed E-state index contributed by atoms with van der Waals surface area (Å²) in [6.07, 6.45) is 0. The van der Waals surface area contributed by atoms with E-state index < -0.39 is 10.0 Å². The number of fused-ring (bicyclic) bond motifs is 1. The number of amides is 1. The molecule has 0 radical (unpaired) electrons. The summed E-state index contributed by atoms with van der Waals surface area (Å²) < 4.78 is 31.1. The number of nitrogens with one attached hydrogen (secondary N) is 2. The summed E-state index contributed by atoms with van der Waals surface area (Å²) >= 11 is 5.88. The van der Waals surface area contributed by atoms with Crippen LogP contribution in [0.3, 0.4) is 0 Å². The minimum atomic E-state index is -3.83. The zero-order chi connectivity index (χ0) is 14.0. The lowest BCUT2D eigenvalue weighted by Crippen LogP contribution is -2.28. The van der Waals surface area contributed by atoms with Crippen LogP contribution in [-0.2, 0) is 14.8 Å². The standard InChI is InChI=1S/C10H11ClN2O5S/c11-6-3-7-8(18-5-10(15)13-7)4-9(6)19(16,17)12-1-2-14/h3-4,12,14H,1-2,5H2,(H,13,15). The van der Waals surface area contributed by atoms with Crippen LogP contribution < -0.4 is 14.8 Å². The molecule has 9 heteroatoms. The Bertz CT molecular complexity index is 617. The Labute approximate surface area is 114 Å². The zero-order valence-corrected chi connectivity index (χ0v) is 11.2. The van der Waals surface area contributed by atoms with Crippen LogP contribution in [0.4, 0.5) is 5.69 Å². The maximum Gasteiger partial charge on any atom is 0.262 e. The molecule has 3 N–H and O–H groups in total. The van der Waals surface area contributed by atoms with Crippen molar-refractivity contribution >= 4 is 33.2 Å². The van der Waals surface area contributed by atoms with E-state index in [1.54, 1.807) is 0 Å². The minimum Gasteiger partial charge on any atom is -0.482 e. The summed E-state index contributed by atoms with van der Waals surface area (Å²) in [4.78, 5) is 11.0. The molecule has 0 aliphatic carbocycles. The van der Waals surface area contributed by atoms with E-state index in [0.717, 1.165) is 0 Å². The van der Waals surface area contributed by atoms with Crippen LogP contribution in [0.25, 0.3) is 0 Å². The molecule has 1 aromatic carbocycles. The van der Waals surface area contributed by atoms with Crippen LogP contribution in [0.5, 0.6) is 5.75 Å². The molecule has 2 rings (SSSR count). The lowest BCUT2D eigenvalue weighted by Gasteiger charge is -2.19. The van der Waals surface area contributed by atoms with E-state index in [4.69, 9.17) is 21.4 Å². The Morgan fingerprint density at radius 3 is 2.89 bits per heavy atom. The Balaban J connectivity index is 2.40. The Morgan fingerprint density at radius 2 is 2.21 bits per heavy atom. The van der Waals surface area contributed by atoms with Gasteiger partial charge < -0.3 is 15.2 Å². The van der Waals surface area contributed by atoms with Gasteiger partial charge in [0.25, 0.3) is 5.91 Å². The highest BCUT2D eigenvalue weighted by Crippen LogP contribution is 2.35. The number of carbonyl (C=O) groups is 1. The van der Waals surface area contributed by atoms with Crippen LogP contribution in [0.1, 0.15) is 0 Å². The van der Waals surface area contributed by atoms with E-state index in [2.05, 4.69) is 10.0 Å². The van der Waals surface area contributed by atoms with Gasteiger partial charge >= 0.3 is 0 Å². The van der Waals surface area contributed by atoms with Crippen molar-refractivity contribution < 1.29 is 23.1 Å². The van der Waals surface area contributed by atoms with E-state index in [1.807, 2.05) is 0 Å². The van der Waals surface area contributed by atoms with E-state index in [0.29, 0.717) is 5.69 Å². The highest BCUT2D eigenvalue weighted by Gasteiger charge is 2.24. The number of anilines is 1. The van der Waals surface area contributed by atoms with Gasteiger partial charge in [-0.3, -0.25) is 4.79 Å². The molecule has 0 unspecified atom stereocenters. The number of ether oxygens (including phenoxy) is 1. The minimum absolute atomic E-state index is 0.0463. The molecule has 0 aromatic heterocycles. The first-order chi connectivity index (χ1) is 8.94. The summed E-state index contributed by atoms with van der Waals surface area (Å²) in [5, 5.41) is 11.1. The second-order valence-electron chi connectivity index (χ2n) is 3.74. The number of hydrogen-bond acceptors (Lipinski definition) is 5. The monoisotopic (exact) mass is 306 g/mol. The third-order valence-electron chi connectivity index (χ3n) is 2.36. The van der Waals surface area contributed by atoms with Crippen molar-refractivity contribution in [2.45, 2.75) is 4.90 Å². The SMILES string of the molecule is O=C1COc2cc(S(=O)(=O)NCCO)c(Cl)cc2N1. The summed E-state index contributed by atoms with van der Waals surface area (Å²) in [5.41, 5.74) is 0.322. The topological polar surface area (TPSA) is 105 Å². The molecule has 1 aromatic rings. The number of rotatable bonds is 4. The molecule has 0 atom stereocenters. The Kier molecular flexibility index (Phi) is 3.95. The normalized spacial score (nSPS) is 14.5. The van der Waals surface area contributed by atoms with Crippen LogP contribution >= 0.6 is 11.6 Å². The summed E-state index contributed by atoms with van der Waals surface area (Å²) in [5.74, 6) is -0.106. The van der Waals surface area contributed by atoms with Gasteiger partial charge in [0.05, 0.1) is 17.3 Å². The largest absolute Gasteiger partial charge is 0.482 e. The molecule has 1 amide bonds. The highest BCUT2D eigenvalue weighted by molar-refractivity contribution is 7.89. The average Bonchev–Trinajstić information content (AvgIpc) is 2.35. The lowest BCUT2D eigenvalue weighted by atomic mass is 10.2. The fourth-order valence-electron chi connectivity index (χ4n) is 1.55. The molecule has 19 heavy (non-hydrogen) atoms. The molecule has 1 heterocycles. The molecule has 0 spiro atoms. The van der Waals surface area contributed by atoms with Gasteiger partial charge in [-0.1, -0.05) is 11.6 Å². The van der Waals surface area contributed by atoms with Crippen molar-refractivity contribution in [2.75, 3.05) is 25.1 Å². The Hall–Kier alpha value is -1.35. The number of sulfonamides is 1. The molecular weight excluding hydrogens is 296 g/mol. The van der Waals surface area contributed by atoms with E-state index in [1.165, 1.54) is 12.1 Å². The van der Waals surface area contributed by atoms with Gasteiger partial charge in [0.15, 0.2) is 6.61 Å². The van der Waals surface area contributed by atoms with Gasteiger partial charge in [-0.2, -0.15) is 0 Å². The van der Waals surface area contributed by atoms with E-state index in [-0.39, 0.29) is 41.3 Å². The summed E-state index contributed by atoms with van der Waals surface area (Å²) in [6, 6.07) is 2.54. The van der Waals surface area contributed by atoms with Gasteiger partial charge in [0.1, 0.15) is 10.6 Å². The first-order valence-electron chi connectivity index (χ1n) is 5.31. The molecule has 0 fully saturated rings. The second-order valence-corrected chi connectivity index (χ2v) is 5.88. The number of carbonyl (C=O) groups excluding carboxylic acids is 1. The Morgan fingerprint density at radius 1 is 1.47 bits per heavy atom. The van der Waals surface area contributed by atoms with Crippen LogP contribution in [0, 0.1) is 0 Å². The molecule has 1 aliphatic rings. The molecule has 1 aliphatic heterocycles. The number of benzene rings is 1. The summed E-state index contributed by atoms with van der Waals surface area (Å²) in [6.45, 7) is -0.625. The molecule has 7 nitrogen and oxygen atoms in total. The highest BCUT2D eigenvalue weighted by atomic mass is 35.5. The molecule has 0 saturated carbocycles. The van der Waals surface area contributed by atoms with Crippen molar-refractivity contribution in [2.24, 2.45) is 0 Å². The molecular formula is C10H11ClN2O5S. The van der Waals surface area contributed by atoms with Crippen molar-refractivity contribution in [1.29, 1.82) is 0 Å². The maximum absolute atomic E-state index is 11.9. The van der Waals surface area contributed by atoms with Crippen LogP contribution in [-0.4, -0.2) is 39.2 Å². The predicted molar refractivity (Wildman–Crippen MR) is 67.9 cm³/mol. The first kappa shape index (κ1) is 14.1. The third-order valence-corrected chi connectivity index (χ3v) is 4.29. The predicted octanol–water partition coefficient (Wildman–Crippen LogP) is -0.0585. The van der Waals surface area contributed by atoms with E-state index in [9.17, 15) is 13.2 Å². The summed E-state index contributed by atoms with van der Waals surface area (Å²) in [7, 11) is -3.83. The van der Waals surface area contributed by atoms with Crippen LogP contribution in [0.2, 0.25) is 5.02 Å². The van der Waals surface area contributed by atoms with Crippen LogP contribution in [0.15, 0.2) is 17.0 Å². The number of halogens is 1. The van der Waals surface area contributed by atoms with Gasteiger partial charge in [0.2, 0.25) is 10.0 Å². The average molecular weight is 307 g/mol. The van der Waals surface area contributed by atoms with Gasteiger partial charge in [-0.25, -0.2) is 13.1 Å². The first-order valence-corrected chi connectivity index (χ1v) is 7.17. The van der Waals surface area contributed by atoms with Gasteiger partial charge in [-0.05, 0) is 6.07 Å². The molecule has 0 saturated heterocycles. The lowest BCUT2D eigenvalue weighted by molar-refractivity contribution is -0.118. The third kappa shape index (κ3) is 2.98. The van der Waals surface area contributed by atoms with Crippen molar-refractivity contribution in [3.05, 3.63) is 17.2 Å². The molecule has 104 valence electrons. The van der Waals surface area contributed by atoms with Gasteiger partial charge in [-0.15, -0.1) is 0 Å². The fourth-order valence-corrected chi connectivity index (χ4v) is 3.11. The number of aliphatic hydroxyl groups is 1. The number of hydrogen-bond donors (Lipinski definition) is 3. The number of aliphatic hydroxyl groups excluding tert-OH is 1. The van der Waals surface area contributed by atoms with Crippen molar-refractivity contribution in [3.63, 3.8) is 0 Å². The fraction of sp³-hybridized carbons (Fsp3) is 0.300. The van der Waals surface area contributed by atoms with Crippen molar-refractivity contribution in [3.8, 4) is 5.75 Å². The van der Waals surface area contributed by atoms with E-state index >= 15 is 0 Å². The molecule has 0 bridgehead atoms. The smallest absolute Gasteiger partial charge is 0.262 e. The van der Waals surface area contributed by atoms with Crippen molar-refractivity contribution in [1.82, 2.24) is 4.72 Å². The zero-order valence-electron chi connectivity index (χ0n) is 9.64. The quantitative estimate of drug-likeness (QED) is 0.723. The maximum atomic E-state index is 11.9.